The first-order valence-corrected chi connectivity index (χ1v) is 7.29. The molecule has 0 saturated heterocycles. The van der Waals surface area contributed by atoms with Crippen molar-refractivity contribution in [3.63, 3.8) is 0 Å². The number of anilines is 1. The number of rotatable bonds is 4. The van der Waals surface area contributed by atoms with Crippen molar-refractivity contribution >= 4 is 12.0 Å². The van der Waals surface area contributed by atoms with Crippen LogP contribution in [0, 0.1) is 5.92 Å². The zero-order chi connectivity index (χ0) is 14.7. The lowest BCUT2D eigenvalue weighted by atomic mass is 10.1. The fourth-order valence-corrected chi connectivity index (χ4v) is 2.88. The van der Waals surface area contributed by atoms with Crippen LogP contribution in [0.4, 0.5) is 5.69 Å². The van der Waals surface area contributed by atoms with Crippen LogP contribution in [0.2, 0.25) is 0 Å². The van der Waals surface area contributed by atoms with E-state index < -0.39 is 0 Å². The van der Waals surface area contributed by atoms with Crippen LogP contribution in [0.15, 0.2) is 53.5 Å². The standard InChI is InChI=1S/C18H20N2O/c1-13-10-14-6-3-4-9-17(14)18(13)21-16-8-5-7-15(11-16)20-12-19-2/h3-9,11-13,18H,10H2,1-2H3,(H,19,20)/t13-,18?/m1/s1. The summed E-state index contributed by atoms with van der Waals surface area (Å²) in [6.45, 7) is 2.25. The quantitative estimate of drug-likeness (QED) is 0.676. The van der Waals surface area contributed by atoms with Gasteiger partial charge in [0.1, 0.15) is 11.9 Å². The second-order valence-corrected chi connectivity index (χ2v) is 5.48. The van der Waals surface area contributed by atoms with Crippen molar-refractivity contribution in [3.05, 3.63) is 59.7 Å². The Bertz CT molecular complexity index is 651. The van der Waals surface area contributed by atoms with Crippen molar-refractivity contribution < 1.29 is 4.74 Å². The van der Waals surface area contributed by atoms with Crippen LogP contribution in [-0.2, 0) is 6.42 Å². The summed E-state index contributed by atoms with van der Waals surface area (Å²) in [6.07, 6.45) is 2.89. The Hall–Kier alpha value is -2.29. The fraction of sp³-hybridized carbons (Fsp3) is 0.278. The van der Waals surface area contributed by atoms with Crippen molar-refractivity contribution in [2.24, 2.45) is 10.9 Å². The summed E-state index contributed by atoms with van der Waals surface area (Å²) >= 11 is 0. The summed E-state index contributed by atoms with van der Waals surface area (Å²) < 4.78 is 6.25. The van der Waals surface area contributed by atoms with E-state index in [0.717, 1.165) is 17.9 Å². The van der Waals surface area contributed by atoms with Gasteiger partial charge in [-0.05, 0) is 29.7 Å². The summed E-state index contributed by atoms with van der Waals surface area (Å²) in [5.74, 6) is 1.38. The average molecular weight is 280 g/mol. The van der Waals surface area contributed by atoms with E-state index in [1.807, 2.05) is 24.3 Å². The third-order valence-corrected chi connectivity index (χ3v) is 3.88. The minimum absolute atomic E-state index is 0.135. The summed E-state index contributed by atoms with van der Waals surface area (Å²) in [5.41, 5.74) is 3.71. The number of nitrogens with one attached hydrogen (secondary N) is 1. The molecule has 21 heavy (non-hydrogen) atoms. The molecular weight excluding hydrogens is 260 g/mol. The first-order valence-electron chi connectivity index (χ1n) is 7.29. The molecule has 0 fully saturated rings. The molecule has 1 unspecified atom stereocenters. The van der Waals surface area contributed by atoms with Crippen LogP contribution < -0.4 is 10.1 Å². The van der Waals surface area contributed by atoms with Crippen LogP contribution in [0.25, 0.3) is 0 Å². The number of nitrogens with zero attached hydrogens (tertiary/aromatic N) is 1. The van der Waals surface area contributed by atoms with Gasteiger partial charge in [-0.1, -0.05) is 37.3 Å². The van der Waals surface area contributed by atoms with Gasteiger partial charge >= 0.3 is 0 Å². The molecule has 0 spiro atoms. The van der Waals surface area contributed by atoms with Crippen LogP contribution in [-0.4, -0.2) is 13.4 Å². The van der Waals surface area contributed by atoms with Gasteiger partial charge in [-0.2, -0.15) is 0 Å². The van der Waals surface area contributed by atoms with E-state index in [4.69, 9.17) is 4.74 Å². The largest absolute Gasteiger partial charge is 0.485 e. The molecule has 0 aliphatic heterocycles. The second kappa shape index (κ2) is 6.00. The average Bonchev–Trinajstić information content (AvgIpc) is 2.82. The van der Waals surface area contributed by atoms with E-state index in [0.29, 0.717) is 5.92 Å². The van der Waals surface area contributed by atoms with Gasteiger partial charge in [-0.15, -0.1) is 0 Å². The van der Waals surface area contributed by atoms with Gasteiger partial charge in [-0.3, -0.25) is 4.99 Å². The lowest BCUT2D eigenvalue weighted by Gasteiger charge is -2.19. The number of hydrogen-bond donors (Lipinski definition) is 1. The maximum Gasteiger partial charge on any atom is 0.127 e. The van der Waals surface area contributed by atoms with Gasteiger partial charge in [0.2, 0.25) is 0 Å². The normalized spacial score (nSPS) is 20.5. The Morgan fingerprint density at radius 2 is 2.05 bits per heavy atom. The van der Waals surface area contributed by atoms with E-state index in [1.165, 1.54) is 11.1 Å². The summed E-state index contributed by atoms with van der Waals surface area (Å²) in [6, 6.07) is 16.6. The highest BCUT2D eigenvalue weighted by Crippen LogP contribution is 2.39. The Kier molecular flexibility index (Phi) is 3.91. The molecule has 2 aromatic carbocycles. The lowest BCUT2D eigenvalue weighted by Crippen LogP contribution is -2.11. The zero-order valence-corrected chi connectivity index (χ0v) is 12.4. The number of ether oxygens (including phenoxy) is 1. The van der Waals surface area contributed by atoms with E-state index >= 15 is 0 Å². The van der Waals surface area contributed by atoms with Crippen molar-refractivity contribution in [2.45, 2.75) is 19.4 Å². The molecule has 3 rings (SSSR count). The molecule has 108 valence electrons. The Morgan fingerprint density at radius 3 is 2.90 bits per heavy atom. The highest BCUT2D eigenvalue weighted by molar-refractivity contribution is 5.75. The molecule has 0 bridgehead atoms. The highest BCUT2D eigenvalue weighted by Gasteiger charge is 2.30. The topological polar surface area (TPSA) is 33.6 Å². The number of fused-ring (bicyclic) bond motifs is 1. The SMILES string of the molecule is CN=CNc1cccc(OC2c3ccccc3C[C@H]2C)c1. The molecule has 1 aliphatic rings. The summed E-state index contributed by atoms with van der Waals surface area (Å²) in [4.78, 5) is 3.93. The maximum absolute atomic E-state index is 6.25. The van der Waals surface area contributed by atoms with E-state index in [-0.39, 0.29) is 6.10 Å². The summed E-state index contributed by atoms with van der Waals surface area (Å²) in [7, 11) is 1.74. The van der Waals surface area contributed by atoms with E-state index in [2.05, 4.69) is 41.5 Å². The predicted octanol–water partition coefficient (Wildman–Crippen LogP) is 4.07. The third-order valence-electron chi connectivity index (χ3n) is 3.88. The van der Waals surface area contributed by atoms with Crippen molar-refractivity contribution in [1.29, 1.82) is 0 Å². The molecule has 0 aromatic heterocycles. The molecule has 2 atom stereocenters. The van der Waals surface area contributed by atoms with Crippen molar-refractivity contribution in [1.82, 2.24) is 0 Å². The van der Waals surface area contributed by atoms with Gasteiger partial charge < -0.3 is 10.1 Å². The molecule has 0 saturated carbocycles. The monoisotopic (exact) mass is 280 g/mol. The van der Waals surface area contributed by atoms with Crippen LogP contribution in [0.3, 0.4) is 0 Å². The lowest BCUT2D eigenvalue weighted by molar-refractivity contribution is 0.159. The minimum Gasteiger partial charge on any atom is -0.485 e. The summed E-state index contributed by atoms with van der Waals surface area (Å²) in [5, 5.41) is 3.12. The molecule has 1 N–H and O–H groups in total. The molecule has 1 aliphatic carbocycles. The Morgan fingerprint density at radius 1 is 1.19 bits per heavy atom. The van der Waals surface area contributed by atoms with Crippen LogP contribution >= 0.6 is 0 Å². The first kappa shape index (κ1) is 13.7. The van der Waals surface area contributed by atoms with E-state index in [1.54, 1.807) is 13.4 Å². The molecule has 0 heterocycles. The molecule has 3 nitrogen and oxygen atoms in total. The third kappa shape index (κ3) is 2.92. The molecule has 0 radical (unpaired) electrons. The Balaban J connectivity index is 1.80. The van der Waals surface area contributed by atoms with Crippen molar-refractivity contribution in [3.8, 4) is 5.75 Å². The molecule has 3 heteroatoms. The first-order chi connectivity index (χ1) is 10.3. The fourth-order valence-electron chi connectivity index (χ4n) is 2.88. The van der Waals surface area contributed by atoms with Crippen LogP contribution in [0.1, 0.15) is 24.2 Å². The number of aliphatic imine (C=N–C) groups is 1. The number of hydrogen-bond acceptors (Lipinski definition) is 2. The van der Waals surface area contributed by atoms with Gasteiger partial charge in [-0.25, -0.2) is 0 Å². The molecular formula is C18H20N2O. The predicted molar refractivity (Wildman–Crippen MR) is 87.2 cm³/mol. The van der Waals surface area contributed by atoms with E-state index in [9.17, 15) is 0 Å². The number of benzene rings is 2. The maximum atomic E-state index is 6.25. The Labute approximate surface area is 125 Å². The highest BCUT2D eigenvalue weighted by atomic mass is 16.5. The molecule has 2 aromatic rings. The minimum atomic E-state index is 0.135. The zero-order valence-electron chi connectivity index (χ0n) is 12.4. The van der Waals surface area contributed by atoms with Gasteiger partial charge in [0.05, 0.1) is 6.34 Å². The van der Waals surface area contributed by atoms with Gasteiger partial charge in [0.25, 0.3) is 0 Å². The van der Waals surface area contributed by atoms with Crippen molar-refractivity contribution in [2.75, 3.05) is 12.4 Å². The second-order valence-electron chi connectivity index (χ2n) is 5.48. The van der Waals surface area contributed by atoms with Gasteiger partial charge in [0.15, 0.2) is 0 Å². The molecule has 0 amide bonds. The van der Waals surface area contributed by atoms with Gasteiger partial charge in [0, 0.05) is 24.7 Å². The smallest absolute Gasteiger partial charge is 0.127 e. The van der Waals surface area contributed by atoms with Crippen LogP contribution in [0.5, 0.6) is 5.75 Å².